The van der Waals surface area contributed by atoms with Crippen LogP contribution in [0, 0.1) is 0 Å². The summed E-state index contributed by atoms with van der Waals surface area (Å²) in [5, 5.41) is 9.28. The molecule has 0 bridgehead atoms. The normalized spacial score (nSPS) is 10.5. The number of benzene rings is 2. The molecule has 3 N–H and O–H groups in total. The second-order valence-electron chi connectivity index (χ2n) is 3.68. The molecular formula is C14H15NOS. The summed E-state index contributed by atoms with van der Waals surface area (Å²) in [4.78, 5) is 2.23. The van der Waals surface area contributed by atoms with Gasteiger partial charge in [-0.3, -0.25) is 0 Å². The van der Waals surface area contributed by atoms with Crippen molar-refractivity contribution < 1.29 is 5.11 Å². The minimum absolute atomic E-state index is 0.0635. The summed E-state index contributed by atoms with van der Waals surface area (Å²) in [6, 6.07) is 16.0. The van der Waals surface area contributed by atoms with Gasteiger partial charge in [-0.25, -0.2) is 0 Å². The molecule has 0 aliphatic rings. The molecule has 0 radical (unpaired) electrons. The van der Waals surface area contributed by atoms with Crippen LogP contribution in [0.15, 0.2) is 58.3 Å². The zero-order valence-electron chi connectivity index (χ0n) is 9.47. The SMILES string of the molecule is NCc1ccccc1Sc1ccccc1CO. The standard InChI is InChI=1S/C14H15NOS/c15-9-11-5-1-3-7-13(11)17-14-8-4-2-6-12(14)10-16/h1-8,16H,9-10,15H2. The summed E-state index contributed by atoms with van der Waals surface area (Å²) >= 11 is 1.65. The van der Waals surface area contributed by atoms with Crippen LogP contribution in [0.3, 0.4) is 0 Å². The third-order valence-electron chi connectivity index (χ3n) is 2.56. The van der Waals surface area contributed by atoms with Crippen molar-refractivity contribution >= 4 is 11.8 Å². The molecule has 0 aliphatic heterocycles. The van der Waals surface area contributed by atoms with E-state index in [1.54, 1.807) is 11.8 Å². The van der Waals surface area contributed by atoms with Crippen LogP contribution >= 0.6 is 11.8 Å². The number of aliphatic hydroxyl groups excluding tert-OH is 1. The molecular weight excluding hydrogens is 230 g/mol. The first-order valence-electron chi connectivity index (χ1n) is 5.49. The molecule has 0 heterocycles. The van der Waals surface area contributed by atoms with Gasteiger partial charge in [-0.15, -0.1) is 0 Å². The van der Waals surface area contributed by atoms with Gasteiger partial charge in [-0.2, -0.15) is 0 Å². The Balaban J connectivity index is 2.31. The van der Waals surface area contributed by atoms with Crippen molar-refractivity contribution in [1.82, 2.24) is 0 Å². The fourth-order valence-electron chi connectivity index (χ4n) is 1.62. The topological polar surface area (TPSA) is 46.2 Å². The highest BCUT2D eigenvalue weighted by atomic mass is 32.2. The predicted octanol–water partition coefficient (Wildman–Crippen LogP) is 2.79. The van der Waals surface area contributed by atoms with Crippen LogP contribution < -0.4 is 5.73 Å². The Labute approximate surface area is 105 Å². The molecule has 88 valence electrons. The maximum Gasteiger partial charge on any atom is 0.0692 e. The highest BCUT2D eigenvalue weighted by Gasteiger charge is 2.05. The molecule has 2 rings (SSSR count). The lowest BCUT2D eigenvalue weighted by atomic mass is 10.2. The van der Waals surface area contributed by atoms with Crippen LogP contribution in [0.5, 0.6) is 0 Å². The van der Waals surface area contributed by atoms with Gasteiger partial charge in [0.1, 0.15) is 0 Å². The maximum absolute atomic E-state index is 9.28. The van der Waals surface area contributed by atoms with Crippen LogP contribution in [0.25, 0.3) is 0 Å². The molecule has 0 saturated carbocycles. The average Bonchev–Trinajstić information content (AvgIpc) is 2.40. The Bertz CT molecular complexity index is 454. The molecule has 0 amide bonds. The summed E-state index contributed by atoms with van der Waals surface area (Å²) < 4.78 is 0. The van der Waals surface area contributed by atoms with Gasteiger partial charge in [-0.1, -0.05) is 48.2 Å². The molecule has 0 spiro atoms. The Hall–Kier alpha value is -1.29. The van der Waals surface area contributed by atoms with Gasteiger partial charge in [-0.05, 0) is 23.3 Å². The third-order valence-corrected chi connectivity index (χ3v) is 3.79. The van der Waals surface area contributed by atoms with Crippen molar-refractivity contribution in [2.75, 3.05) is 0 Å². The monoisotopic (exact) mass is 245 g/mol. The lowest BCUT2D eigenvalue weighted by molar-refractivity contribution is 0.279. The first-order chi connectivity index (χ1) is 8.35. The lowest BCUT2D eigenvalue weighted by Crippen LogP contribution is -1.98. The third kappa shape index (κ3) is 2.88. The smallest absolute Gasteiger partial charge is 0.0692 e. The highest BCUT2D eigenvalue weighted by Crippen LogP contribution is 2.32. The summed E-state index contributed by atoms with van der Waals surface area (Å²) in [6.45, 7) is 0.596. The minimum Gasteiger partial charge on any atom is -0.392 e. The molecule has 2 aromatic rings. The molecule has 3 heteroatoms. The Morgan fingerprint density at radius 2 is 1.41 bits per heavy atom. The Morgan fingerprint density at radius 1 is 0.882 bits per heavy atom. The van der Waals surface area contributed by atoms with Crippen LogP contribution in [-0.4, -0.2) is 5.11 Å². The van der Waals surface area contributed by atoms with Gasteiger partial charge >= 0.3 is 0 Å². The number of hydrogen-bond acceptors (Lipinski definition) is 3. The van der Waals surface area contributed by atoms with Gasteiger partial charge in [0.2, 0.25) is 0 Å². The van der Waals surface area contributed by atoms with Gasteiger partial charge in [0.15, 0.2) is 0 Å². The van der Waals surface area contributed by atoms with E-state index in [1.165, 1.54) is 0 Å². The van der Waals surface area contributed by atoms with Crippen molar-refractivity contribution in [2.24, 2.45) is 5.73 Å². The van der Waals surface area contributed by atoms with E-state index in [-0.39, 0.29) is 6.61 Å². The molecule has 0 atom stereocenters. The highest BCUT2D eigenvalue weighted by molar-refractivity contribution is 7.99. The summed E-state index contributed by atoms with van der Waals surface area (Å²) in [5.41, 5.74) is 7.79. The van der Waals surface area contributed by atoms with Gasteiger partial charge in [0.25, 0.3) is 0 Å². The van der Waals surface area contributed by atoms with E-state index >= 15 is 0 Å². The fourth-order valence-corrected chi connectivity index (χ4v) is 2.70. The van der Waals surface area contributed by atoms with E-state index in [4.69, 9.17) is 5.73 Å². The molecule has 17 heavy (non-hydrogen) atoms. The largest absolute Gasteiger partial charge is 0.392 e. The molecule has 0 fully saturated rings. The Morgan fingerprint density at radius 3 is 2.00 bits per heavy atom. The molecule has 0 saturated heterocycles. The van der Waals surface area contributed by atoms with Crippen LogP contribution in [0.2, 0.25) is 0 Å². The molecule has 2 nitrogen and oxygen atoms in total. The first kappa shape index (κ1) is 12.2. The van der Waals surface area contributed by atoms with E-state index in [1.807, 2.05) is 42.5 Å². The van der Waals surface area contributed by atoms with E-state index < -0.39 is 0 Å². The van der Waals surface area contributed by atoms with Crippen LogP contribution in [0.1, 0.15) is 11.1 Å². The molecule has 2 aromatic carbocycles. The van der Waals surface area contributed by atoms with Gasteiger partial charge in [0, 0.05) is 16.3 Å². The first-order valence-corrected chi connectivity index (χ1v) is 6.31. The van der Waals surface area contributed by atoms with Crippen molar-refractivity contribution in [3.05, 3.63) is 59.7 Å². The van der Waals surface area contributed by atoms with E-state index in [9.17, 15) is 5.11 Å². The summed E-state index contributed by atoms with van der Waals surface area (Å²) in [7, 11) is 0. The maximum atomic E-state index is 9.28. The zero-order chi connectivity index (χ0) is 12.1. The van der Waals surface area contributed by atoms with E-state index in [2.05, 4.69) is 6.07 Å². The molecule has 0 aromatic heterocycles. The van der Waals surface area contributed by atoms with Gasteiger partial charge in [0.05, 0.1) is 6.61 Å². The quantitative estimate of drug-likeness (QED) is 0.870. The molecule has 0 aliphatic carbocycles. The number of aliphatic hydroxyl groups is 1. The van der Waals surface area contributed by atoms with Crippen molar-refractivity contribution in [3.63, 3.8) is 0 Å². The van der Waals surface area contributed by atoms with Crippen molar-refractivity contribution in [1.29, 1.82) is 0 Å². The van der Waals surface area contributed by atoms with Gasteiger partial charge < -0.3 is 10.8 Å². The number of rotatable bonds is 4. The van der Waals surface area contributed by atoms with Crippen LogP contribution in [0.4, 0.5) is 0 Å². The summed E-state index contributed by atoms with van der Waals surface area (Å²) in [6.07, 6.45) is 0. The van der Waals surface area contributed by atoms with E-state index in [0.29, 0.717) is 6.54 Å². The minimum atomic E-state index is 0.0635. The molecule has 0 unspecified atom stereocenters. The van der Waals surface area contributed by atoms with Crippen molar-refractivity contribution in [2.45, 2.75) is 22.9 Å². The lowest BCUT2D eigenvalue weighted by Gasteiger charge is -2.09. The average molecular weight is 245 g/mol. The second kappa shape index (κ2) is 5.87. The number of hydrogen-bond donors (Lipinski definition) is 2. The van der Waals surface area contributed by atoms with Crippen LogP contribution in [-0.2, 0) is 13.2 Å². The van der Waals surface area contributed by atoms with E-state index in [0.717, 1.165) is 20.9 Å². The zero-order valence-corrected chi connectivity index (χ0v) is 10.3. The second-order valence-corrected chi connectivity index (χ2v) is 4.76. The summed E-state index contributed by atoms with van der Waals surface area (Å²) in [5.74, 6) is 0. The Kier molecular flexibility index (Phi) is 4.20. The number of nitrogens with two attached hydrogens (primary N) is 1. The predicted molar refractivity (Wildman–Crippen MR) is 70.8 cm³/mol. The fraction of sp³-hybridized carbons (Fsp3) is 0.143. The van der Waals surface area contributed by atoms with Crippen molar-refractivity contribution in [3.8, 4) is 0 Å².